The third-order valence-corrected chi connectivity index (χ3v) is 6.18. The number of H-pyrrole nitrogens is 1. The molecule has 0 spiro atoms. The number of nitrogens with one attached hydrogen (secondary N) is 2. The highest BCUT2D eigenvalue weighted by Gasteiger charge is 2.22. The van der Waals surface area contributed by atoms with Crippen LogP contribution in [0.5, 0.6) is 5.88 Å². The molecular weight excluding hydrogens is 506 g/mol. The van der Waals surface area contributed by atoms with Crippen molar-refractivity contribution >= 4 is 55.4 Å². The molecule has 1 atom stereocenters. The summed E-state index contributed by atoms with van der Waals surface area (Å²) in [6.45, 7) is -0.895. The summed E-state index contributed by atoms with van der Waals surface area (Å²) in [4.78, 5) is 3.48. The van der Waals surface area contributed by atoms with E-state index in [-0.39, 0.29) is 11.6 Å². The molecule has 3 aromatic heterocycles. The molecule has 2 N–H and O–H groups in total. The maximum Gasteiger partial charge on any atom is 0.336 e. The van der Waals surface area contributed by atoms with Crippen LogP contribution < -0.4 is 8.55 Å². The highest BCUT2D eigenvalue weighted by Crippen LogP contribution is 2.34. The maximum atomic E-state index is 13.0. The molecule has 0 aliphatic rings. The van der Waals surface area contributed by atoms with Crippen molar-refractivity contribution in [2.75, 3.05) is 4.72 Å². The number of nitrogens with zero attached hydrogens (tertiary/aromatic N) is 4. The summed E-state index contributed by atoms with van der Waals surface area (Å²) in [5.41, 5.74) is 2.33. The van der Waals surface area contributed by atoms with Gasteiger partial charge in [-0.05, 0) is 24.1 Å². The predicted molar refractivity (Wildman–Crippen MR) is 113 cm³/mol. The van der Waals surface area contributed by atoms with Crippen molar-refractivity contribution in [2.24, 2.45) is 0 Å². The summed E-state index contributed by atoms with van der Waals surface area (Å²) in [6, 6.07) is 3.41. The van der Waals surface area contributed by atoms with Gasteiger partial charge in [0.1, 0.15) is 11.4 Å². The van der Waals surface area contributed by atoms with Crippen molar-refractivity contribution in [1.82, 2.24) is 24.5 Å². The molecule has 30 heavy (non-hydrogen) atoms. The molecule has 1 unspecified atom stereocenters. The van der Waals surface area contributed by atoms with Crippen LogP contribution in [0, 0.1) is 0 Å². The number of fused-ring (bicyclic) bond motifs is 1. The van der Waals surface area contributed by atoms with Crippen LogP contribution >= 0.6 is 27.9 Å². The fraction of sp³-hybridized carbons (Fsp3) is 0.176. The topological polar surface area (TPSA) is 89.8 Å². The largest absolute Gasteiger partial charge is 0.396 e. The number of alkyl halides is 2. The summed E-state index contributed by atoms with van der Waals surface area (Å²) < 4.78 is 48.4. The fourth-order valence-corrected chi connectivity index (χ4v) is 4.52. The number of rotatable bonds is 7. The summed E-state index contributed by atoms with van der Waals surface area (Å²) in [5, 5.41) is 8.99. The van der Waals surface area contributed by atoms with Gasteiger partial charge in [0, 0.05) is 17.8 Å². The fourth-order valence-electron chi connectivity index (χ4n) is 2.97. The average molecular weight is 520 g/mol. The zero-order valence-corrected chi connectivity index (χ0v) is 18.4. The first-order valence-corrected chi connectivity index (χ1v) is 10.8. The van der Waals surface area contributed by atoms with Gasteiger partial charge in [-0.15, -0.1) is 0 Å². The molecule has 4 aromatic rings. The second kappa shape index (κ2) is 8.36. The van der Waals surface area contributed by atoms with Crippen molar-refractivity contribution in [1.29, 1.82) is 0 Å². The van der Waals surface area contributed by atoms with Crippen LogP contribution in [-0.2, 0) is 17.4 Å². The molecule has 1 aromatic carbocycles. The number of aryl methyl sites for hydroxylation is 1. The van der Waals surface area contributed by atoms with Gasteiger partial charge in [0.15, 0.2) is 27.2 Å². The third kappa shape index (κ3) is 3.59. The van der Waals surface area contributed by atoms with Crippen LogP contribution in [0.1, 0.15) is 19.0 Å². The lowest BCUT2D eigenvalue weighted by Crippen LogP contribution is -2.06. The van der Waals surface area contributed by atoms with E-state index >= 15 is 0 Å². The quantitative estimate of drug-likeness (QED) is 0.360. The summed E-state index contributed by atoms with van der Waals surface area (Å²) in [5.74, 6) is -0.300. The molecule has 0 fully saturated rings. The highest BCUT2D eigenvalue weighted by molar-refractivity contribution is 9.06. The van der Waals surface area contributed by atoms with E-state index in [1.54, 1.807) is 29.2 Å². The summed E-state index contributed by atoms with van der Waals surface area (Å²) in [7, 11) is -1.81. The first-order valence-electron chi connectivity index (χ1n) is 8.60. The van der Waals surface area contributed by atoms with Gasteiger partial charge in [-0.1, -0.05) is 18.5 Å². The second-order valence-electron chi connectivity index (χ2n) is 6.15. The Morgan fingerprint density at radius 3 is 2.83 bits per heavy atom. The number of aromatic amines is 1. The van der Waals surface area contributed by atoms with E-state index in [0.29, 0.717) is 31.2 Å². The first-order chi connectivity index (χ1) is 14.4. The first kappa shape index (κ1) is 20.8. The number of anilines is 1. The number of halogens is 4. The smallest absolute Gasteiger partial charge is 0.336 e. The van der Waals surface area contributed by atoms with Crippen LogP contribution in [-0.4, -0.2) is 28.8 Å². The highest BCUT2D eigenvalue weighted by atomic mass is 79.9. The van der Waals surface area contributed by atoms with Crippen molar-refractivity contribution < 1.29 is 16.8 Å². The normalized spacial score (nSPS) is 12.6. The lowest BCUT2D eigenvalue weighted by Gasteiger charge is -2.08. The molecule has 13 heteroatoms. The van der Waals surface area contributed by atoms with E-state index in [1.807, 2.05) is 13.1 Å². The van der Waals surface area contributed by atoms with Gasteiger partial charge in [0.05, 0.1) is 27.8 Å². The molecule has 0 aliphatic carbocycles. The standard InChI is InChI=1S/C17H14BrClF2N6O2S/c1-2-9-5-23-26(8-9)15-11(19)4-3-10-13(7-22-14(10)15)30(28)25-12-6-24-27(17(20)21)16(12)29-18/h3-8,17,22,25H,2H2,1H3. The third-order valence-electron chi connectivity index (χ3n) is 4.43. The summed E-state index contributed by atoms with van der Waals surface area (Å²) >= 11 is 9.08. The lowest BCUT2D eigenvalue weighted by molar-refractivity contribution is 0.0522. The number of hydrogen-bond donors (Lipinski definition) is 2. The lowest BCUT2D eigenvalue weighted by atomic mass is 10.2. The van der Waals surface area contributed by atoms with Gasteiger partial charge < -0.3 is 8.81 Å². The molecule has 0 amide bonds. The molecule has 158 valence electrons. The van der Waals surface area contributed by atoms with Crippen LogP contribution in [0.4, 0.5) is 14.5 Å². The van der Waals surface area contributed by atoms with Crippen molar-refractivity contribution in [2.45, 2.75) is 24.8 Å². The van der Waals surface area contributed by atoms with E-state index in [9.17, 15) is 13.0 Å². The molecule has 0 radical (unpaired) electrons. The zero-order valence-electron chi connectivity index (χ0n) is 15.3. The Hall–Kier alpha value is -2.44. The summed E-state index contributed by atoms with van der Waals surface area (Å²) in [6.07, 6.45) is 7.11. The molecule has 8 nitrogen and oxygen atoms in total. The Balaban J connectivity index is 1.72. The Labute approximate surface area is 185 Å². The monoisotopic (exact) mass is 518 g/mol. The number of aromatic nitrogens is 5. The van der Waals surface area contributed by atoms with Gasteiger partial charge in [-0.25, -0.2) is 8.89 Å². The van der Waals surface area contributed by atoms with E-state index in [1.165, 1.54) is 0 Å². The molecule has 3 heterocycles. The minimum absolute atomic E-state index is 0.0358. The van der Waals surface area contributed by atoms with Crippen molar-refractivity contribution in [3.63, 3.8) is 0 Å². The molecule has 0 aliphatic heterocycles. The molecular formula is C17H14BrClF2N6O2S. The van der Waals surface area contributed by atoms with Gasteiger partial charge in [0.25, 0.3) is 5.88 Å². The van der Waals surface area contributed by atoms with Crippen molar-refractivity contribution in [3.05, 3.63) is 47.5 Å². The van der Waals surface area contributed by atoms with Gasteiger partial charge >= 0.3 is 6.55 Å². The minimum Gasteiger partial charge on any atom is -0.396 e. The zero-order chi connectivity index (χ0) is 21.4. The van der Waals surface area contributed by atoms with E-state index < -0.39 is 17.5 Å². The van der Waals surface area contributed by atoms with Gasteiger partial charge in [-0.3, -0.25) is 4.72 Å². The SMILES string of the molecule is CCc1cnn(-c2c(Cl)ccc3c(S(=O)Nc4cnn(C(F)F)c4OBr)c[nH]c23)c1. The molecule has 0 saturated heterocycles. The Morgan fingerprint density at radius 2 is 2.17 bits per heavy atom. The predicted octanol–water partition coefficient (Wildman–Crippen LogP) is 4.98. The minimum atomic E-state index is -2.92. The van der Waals surface area contributed by atoms with Gasteiger partial charge in [0.2, 0.25) is 0 Å². The number of hydrogen-bond acceptors (Lipinski definition) is 4. The Bertz CT molecular complexity index is 1240. The second-order valence-corrected chi connectivity index (χ2v) is 8.06. The Morgan fingerprint density at radius 1 is 1.37 bits per heavy atom. The van der Waals surface area contributed by atoms with Crippen LogP contribution in [0.15, 0.2) is 41.8 Å². The van der Waals surface area contributed by atoms with Crippen LogP contribution in [0.2, 0.25) is 5.02 Å². The van der Waals surface area contributed by atoms with E-state index in [2.05, 4.69) is 36.2 Å². The molecule has 0 saturated carbocycles. The van der Waals surface area contributed by atoms with Crippen LogP contribution in [0.3, 0.4) is 0 Å². The maximum absolute atomic E-state index is 13.0. The van der Waals surface area contributed by atoms with Crippen molar-refractivity contribution in [3.8, 4) is 11.6 Å². The Kier molecular flexibility index (Phi) is 5.80. The van der Waals surface area contributed by atoms with E-state index in [0.717, 1.165) is 18.2 Å². The molecule has 4 rings (SSSR count). The molecule has 0 bridgehead atoms. The average Bonchev–Trinajstić information content (AvgIpc) is 3.45. The van der Waals surface area contributed by atoms with Crippen LogP contribution in [0.25, 0.3) is 16.6 Å². The van der Waals surface area contributed by atoms with Gasteiger partial charge in [-0.2, -0.15) is 23.7 Å². The number of benzene rings is 1. The van der Waals surface area contributed by atoms with E-state index in [4.69, 9.17) is 15.4 Å².